The number of carboxylic acid groups (broad SMARTS) is 1. The number of thiophene rings is 5. The fourth-order valence-electron chi connectivity index (χ4n) is 11.5. The Kier molecular flexibility index (Phi) is 13.3. The maximum absolute atomic E-state index is 12.6. The van der Waals surface area contributed by atoms with Crippen molar-refractivity contribution in [1.82, 2.24) is 0 Å². The van der Waals surface area contributed by atoms with E-state index in [1.807, 2.05) is 51.4 Å². The molecule has 6 aromatic rings. The van der Waals surface area contributed by atoms with Crippen molar-refractivity contribution in [3.05, 3.63) is 157 Å². The lowest BCUT2D eigenvalue weighted by Crippen LogP contribution is -2.55. The third-order valence-electron chi connectivity index (χ3n) is 15.8. The Morgan fingerprint density at radius 1 is 0.543 bits per heavy atom. The van der Waals surface area contributed by atoms with Gasteiger partial charge in [0.2, 0.25) is 0 Å². The van der Waals surface area contributed by atoms with Crippen LogP contribution < -0.4 is 10.4 Å². The first kappa shape index (κ1) is 49.2. The quantitative estimate of drug-likeness (QED) is 0.0981. The number of allylic oxidation sites excluding steroid dienone is 10. The van der Waals surface area contributed by atoms with E-state index in [1.165, 1.54) is 134 Å². The zero-order valence-electron chi connectivity index (χ0n) is 42.8. The van der Waals surface area contributed by atoms with Gasteiger partial charge in [0.25, 0.3) is 0 Å². The molecule has 0 aliphatic heterocycles. The van der Waals surface area contributed by atoms with E-state index in [0.29, 0.717) is 5.56 Å². The summed E-state index contributed by atoms with van der Waals surface area (Å²) in [6.07, 6.45) is 24.8. The Morgan fingerprint density at radius 3 is 1.61 bits per heavy atom. The van der Waals surface area contributed by atoms with Gasteiger partial charge in [-0.25, -0.2) is 4.79 Å². The van der Waals surface area contributed by atoms with Crippen LogP contribution in [0.3, 0.4) is 0 Å². The van der Waals surface area contributed by atoms with Crippen LogP contribution in [0.1, 0.15) is 147 Å². The molecule has 4 aliphatic carbocycles. The molecule has 0 radical (unpaired) electrons. The molecule has 0 spiro atoms. The van der Waals surface area contributed by atoms with Crippen molar-refractivity contribution in [3.63, 3.8) is 0 Å². The van der Waals surface area contributed by atoms with Crippen LogP contribution in [0.5, 0.6) is 0 Å². The molecular formula is C63H68O2S5. The molecule has 362 valence electrons. The number of unbranched alkanes of at least 4 members (excludes halogenated alkanes) is 6. The number of aromatic carboxylic acids is 1. The molecule has 0 saturated carbocycles. The van der Waals surface area contributed by atoms with E-state index in [4.69, 9.17) is 0 Å². The zero-order chi connectivity index (χ0) is 49.3. The van der Waals surface area contributed by atoms with Crippen molar-refractivity contribution < 1.29 is 9.90 Å². The molecule has 0 bridgehead atoms. The lowest BCUT2D eigenvalue weighted by atomic mass is 9.44. The summed E-state index contributed by atoms with van der Waals surface area (Å²) in [5, 5.41) is 14.7. The summed E-state index contributed by atoms with van der Waals surface area (Å²) in [6, 6.07) is 24.6. The first-order valence-electron chi connectivity index (χ1n) is 25.7. The van der Waals surface area contributed by atoms with Crippen molar-refractivity contribution >= 4 is 79.4 Å². The highest BCUT2D eigenvalue weighted by molar-refractivity contribution is 7.30. The fraction of sp³-hybridized carbons (Fsp3) is 0.381. The van der Waals surface area contributed by atoms with Gasteiger partial charge in [-0.2, -0.15) is 0 Å². The Morgan fingerprint density at radius 2 is 1.07 bits per heavy atom. The van der Waals surface area contributed by atoms with Crippen LogP contribution in [0.4, 0.5) is 0 Å². The number of fused-ring (bicyclic) bond motifs is 1. The van der Waals surface area contributed by atoms with Crippen LogP contribution in [-0.4, -0.2) is 11.1 Å². The van der Waals surface area contributed by atoms with Gasteiger partial charge >= 0.3 is 5.97 Å². The van der Waals surface area contributed by atoms with E-state index in [9.17, 15) is 9.90 Å². The Hall–Kier alpha value is -4.37. The SMILES string of the molecule is CCCCCCc1c(-c2ccc(-c3cccs3)s2)sc(-c2ccc(-c3ccc(C4=CC5=CC(C(C)(C)C)=CC6=c7ccc(C(=O)O)cc7=C7C=C(C(C)(C)C)C=C4[C@]7(C)[C@@]56C)s3)s2)c1CCCCCC. The minimum absolute atomic E-state index is 0.0816. The summed E-state index contributed by atoms with van der Waals surface area (Å²) in [5.74, 6) is -0.891. The van der Waals surface area contributed by atoms with Crippen molar-refractivity contribution in [2.45, 2.75) is 133 Å². The zero-order valence-corrected chi connectivity index (χ0v) is 46.9. The second-order valence-electron chi connectivity index (χ2n) is 22.4. The number of carboxylic acids is 1. The molecule has 1 aromatic carbocycles. The number of rotatable bonds is 16. The van der Waals surface area contributed by atoms with Crippen LogP contribution in [0, 0.1) is 21.7 Å². The van der Waals surface area contributed by atoms with Gasteiger partial charge in [-0.15, -0.1) is 56.7 Å². The highest BCUT2D eigenvalue weighted by Gasteiger charge is 2.59. The molecule has 0 saturated heterocycles. The normalized spacial score (nSPS) is 19.6. The molecule has 2 atom stereocenters. The van der Waals surface area contributed by atoms with Crippen molar-refractivity contribution in [2.75, 3.05) is 0 Å². The molecule has 5 aromatic heterocycles. The molecule has 0 amide bonds. The molecule has 7 heteroatoms. The van der Waals surface area contributed by atoms with Gasteiger partial charge in [-0.1, -0.05) is 144 Å². The number of hydrogen-bond donors (Lipinski definition) is 1. The van der Waals surface area contributed by atoms with E-state index in [-0.39, 0.29) is 16.2 Å². The molecule has 0 fully saturated rings. The van der Waals surface area contributed by atoms with E-state index in [2.05, 4.69) is 171 Å². The van der Waals surface area contributed by atoms with Gasteiger partial charge < -0.3 is 5.11 Å². The maximum atomic E-state index is 12.6. The molecule has 70 heavy (non-hydrogen) atoms. The standard InChI is InChI=1S/C63H68O2S5/c1-11-13-15-17-20-43-44(21-18-16-14-12-2)58(70-57(43)55-29-27-52(68-55)51-22-19-31-66-51)56-30-28-54(69-56)53-26-25-50(67-53)46-34-41-33-39(60(3,4)5)35-47-42-24-23-38(59(64)65)32-45(42)48-36-40(61(6,7)8)37-49(46)63(48,10)62(41,47)9/h19,22-37H,11-18,20-21H2,1-10H3,(H,64,65)/t62-,63+/m0/s1. The highest BCUT2D eigenvalue weighted by Crippen LogP contribution is 2.69. The van der Waals surface area contributed by atoms with E-state index in [0.717, 1.165) is 23.3 Å². The first-order chi connectivity index (χ1) is 33.4. The predicted molar refractivity (Wildman–Crippen MR) is 308 cm³/mol. The Balaban J connectivity index is 1.10. The van der Waals surface area contributed by atoms with Crippen LogP contribution in [0.25, 0.3) is 55.7 Å². The number of carbonyl (C=O) groups is 1. The summed E-state index contributed by atoms with van der Waals surface area (Å²) < 4.78 is 0. The monoisotopic (exact) mass is 1020 g/mol. The smallest absolute Gasteiger partial charge is 0.335 e. The molecule has 2 nitrogen and oxygen atoms in total. The summed E-state index contributed by atoms with van der Waals surface area (Å²) in [4.78, 5) is 25.0. The molecule has 1 N–H and O–H groups in total. The van der Waals surface area contributed by atoms with Crippen LogP contribution >= 0.6 is 56.7 Å². The second-order valence-corrected chi connectivity index (χ2v) is 27.6. The van der Waals surface area contributed by atoms with Crippen LogP contribution in [0.2, 0.25) is 0 Å². The third-order valence-corrected chi connectivity index (χ3v) is 22.0. The van der Waals surface area contributed by atoms with Gasteiger partial charge in [-0.05, 0) is 163 Å². The molecular weight excluding hydrogens is 949 g/mol. The molecule has 4 aliphatic rings. The number of hydrogen-bond acceptors (Lipinski definition) is 6. The minimum atomic E-state index is -0.891. The lowest BCUT2D eigenvalue weighted by molar-refractivity contribution is 0.0696. The number of benzene rings is 1. The predicted octanol–water partition coefficient (Wildman–Crippen LogP) is 18.9. The lowest BCUT2D eigenvalue weighted by Gasteiger charge is -2.58. The van der Waals surface area contributed by atoms with Crippen molar-refractivity contribution in [2.24, 2.45) is 21.7 Å². The third kappa shape index (κ3) is 8.47. The molecule has 0 unspecified atom stereocenters. The average Bonchev–Trinajstić information content (AvgIpc) is 4.18. The van der Waals surface area contributed by atoms with E-state index in [1.54, 1.807) is 17.2 Å². The fourth-order valence-corrected chi connectivity index (χ4v) is 17.1. The van der Waals surface area contributed by atoms with Crippen LogP contribution in [-0.2, 0) is 12.8 Å². The second kappa shape index (κ2) is 18.9. The summed E-state index contributed by atoms with van der Waals surface area (Å²) in [7, 11) is 0. The van der Waals surface area contributed by atoms with Gasteiger partial charge in [0, 0.05) is 54.7 Å². The Bertz CT molecular complexity index is 3310. The van der Waals surface area contributed by atoms with E-state index >= 15 is 0 Å². The van der Waals surface area contributed by atoms with Crippen molar-refractivity contribution in [1.29, 1.82) is 0 Å². The van der Waals surface area contributed by atoms with Gasteiger partial charge in [0.15, 0.2) is 0 Å². The van der Waals surface area contributed by atoms with Gasteiger partial charge in [-0.3, -0.25) is 0 Å². The Labute approximate surface area is 437 Å². The topological polar surface area (TPSA) is 37.3 Å². The molecule has 10 rings (SSSR count). The van der Waals surface area contributed by atoms with Gasteiger partial charge in [0.05, 0.1) is 5.56 Å². The summed E-state index contributed by atoms with van der Waals surface area (Å²) >= 11 is 9.75. The molecule has 5 heterocycles. The first-order valence-corrected chi connectivity index (χ1v) is 29.8. The van der Waals surface area contributed by atoms with Crippen molar-refractivity contribution in [3.8, 4) is 39.0 Å². The maximum Gasteiger partial charge on any atom is 0.335 e. The summed E-state index contributed by atoms with van der Waals surface area (Å²) in [5.41, 5.74) is 11.5. The highest BCUT2D eigenvalue weighted by atomic mass is 32.1. The largest absolute Gasteiger partial charge is 0.478 e. The van der Waals surface area contributed by atoms with E-state index < -0.39 is 11.4 Å². The summed E-state index contributed by atoms with van der Waals surface area (Å²) in [6.45, 7) is 23.4. The van der Waals surface area contributed by atoms with Crippen LogP contribution in [0.15, 0.2) is 125 Å². The minimum Gasteiger partial charge on any atom is -0.478 e. The van der Waals surface area contributed by atoms with Gasteiger partial charge in [0.1, 0.15) is 0 Å². The average molecular weight is 1020 g/mol.